The number of nitrogens with one attached hydrogen (secondary N) is 4. The van der Waals surface area contributed by atoms with Gasteiger partial charge < -0.3 is 20.9 Å². The SMILES string of the molecule is CCCN(NC(=O)[C@@H]1[C@@H]2[C@H](CN1C(=O)[C@@H](NC(=O)N[C@H](CN1C(=O)CC(C)(C)CC1=O)C(C)(C)C)C(C)(C)C)C2(C)C)C(=O)N[C@@H](C)c1ccccc1. The number of hydrogen-bond donors (Lipinski definition) is 4. The maximum absolute atomic E-state index is 14.5. The van der Waals surface area contributed by atoms with Crippen molar-refractivity contribution in [3.63, 3.8) is 0 Å². The average Bonchev–Trinajstić information content (AvgIpc) is 3.34. The van der Waals surface area contributed by atoms with Crippen LogP contribution in [-0.4, -0.2) is 88.3 Å². The van der Waals surface area contributed by atoms with Gasteiger partial charge >= 0.3 is 12.1 Å². The van der Waals surface area contributed by atoms with Gasteiger partial charge in [0.1, 0.15) is 12.1 Å². The van der Waals surface area contributed by atoms with Gasteiger partial charge in [0.05, 0.1) is 12.1 Å². The lowest BCUT2D eigenvalue weighted by Crippen LogP contribution is -2.63. The zero-order valence-corrected chi connectivity index (χ0v) is 33.9. The molecule has 2 heterocycles. The third kappa shape index (κ3) is 9.51. The van der Waals surface area contributed by atoms with Gasteiger partial charge in [-0.25, -0.2) is 14.6 Å². The molecule has 13 nitrogen and oxygen atoms in total. The maximum Gasteiger partial charge on any atom is 0.336 e. The molecule has 0 bridgehead atoms. The van der Waals surface area contributed by atoms with Crippen molar-refractivity contribution in [2.45, 2.75) is 127 Å². The fraction of sp³-hybridized carbons (Fsp3) is 0.700. The third-order valence-corrected chi connectivity index (χ3v) is 11.3. The van der Waals surface area contributed by atoms with E-state index >= 15 is 0 Å². The number of amides is 8. The maximum atomic E-state index is 14.5. The second-order valence-electron chi connectivity index (χ2n) is 18.8. The molecule has 4 N–H and O–H groups in total. The standard InChI is InChI=1S/C40H63N7O6/c1-13-19-47(36(53)41-24(2)25-17-15-14-16-18-25)44-33(50)31-30-26(40(30,11)12)22-46(31)34(51)32(38(6,7)8)43-35(52)42-27(37(3,4)5)23-45-28(48)20-39(9,10)21-29(45)49/h14-18,24,26-27,30-32H,13,19-23H2,1-12H3,(H,41,53)(H,44,50)(H2,42,43,52)/t24-,26-,27+,30-,31-,32+/m0/s1. The van der Waals surface area contributed by atoms with Gasteiger partial charge in [-0.3, -0.25) is 29.5 Å². The van der Waals surface area contributed by atoms with Crippen LogP contribution in [-0.2, 0) is 19.2 Å². The van der Waals surface area contributed by atoms with Crippen molar-refractivity contribution in [3.8, 4) is 0 Å². The number of fused-ring (bicyclic) bond motifs is 1. The molecule has 8 amide bonds. The molecule has 0 radical (unpaired) electrons. The normalized spacial score (nSPS) is 23.7. The van der Waals surface area contributed by atoms with E-state index in [1.807, 2.05) is 99.6 Å². The highest BCUT2D eigenvalue weighted by molar-refractivity contribution is 5.98. The summed E-state index contributed by atoms with van der Waals surface area (Å²) in [6.45, 7) is 23.7. The van der Waals surface area contributed by atoms with Crippen LogP contribution >= 0.6 is 0 Å². The van der Waals surface area contributed by atoms with Gasteiger partial charge in [0, 0.05) is 32.5 Å². The number of carbonyl (C=O) groups excluding carboxylic acids is 6. The summed E-state index contributed by atoms with van der Waals surface area (Å²) < 4.78 is 0. The van der Waals surface area contributed by atoms with Gasteiger partial charge in [-0.1, -0.05) is 106 Å². The molecule has 4 rings (SSSR count). The number of carbonyl (C=O) groups is 6. The van der Waals surface area contributed by atoms with Crippen molar-refractivity contribution in [2.75, 3.05) is 19.6 Å². The first kappa shape index (κ1) is 41.6. The summed E-state index contributed by atoms with van der Waals surface area (Å²) >= 11 is 0. The van der Waals surface area contributed by atoms with Gasteiger partial charge in [0.25, 0.3) is 5.91 Å². The van der Waals surface area contributed by atoms with Crippen molar-refractivity contribution in [1.82, 2.24) is 36.2 Å². The number of benzene rings is 1. The Kier molecular flexibility index (Phi) is 12.0. The summed E-state index contributed by atoms with van der Waals surface area (Å²) in [7, 11) is 0. The molecule has 0 unspecified atom stereocenters. The highest BCUT2D eigenvalue weighted by atomic mass is 16.2. The van der Waals surface area contributed by atoms with E-state index < -0.39 is 58.2 Å². The highest BCUT2D eigenvalue weighted by Gasteiger charge is 2.70. The number of piperidine rings is 2. The molecule has 1 aromatic rings. The smallest absolute Gasteiger partial charge is 0.333 e. The molecule has 0 spiro atoms. The Morgan fingerprint density at radius 1 is 0.887 bits per heavy atom. The van der Waals surface area contributed by atoms with Crippen LogP contribution in [0.5, 0.6) is 0 Å². The Balaban J connectivity index is 1.51. The number of likely N-dealkylation sites (tertiary alicyclic amines) is 2. The molecule has 1 aliphatic carbocycles. The van der Waals surface area contributed by atoms with Crippen molar-refractivity contribution < 1.29 is 28.8 Å². The van der Waals surface area contributed by atoms with E-state index in [4.69, 9.17) is 0 Å². The molecule has 3 fully saturated rings. The highest BCUT2D eigenvalue weighted by Crippen LogP contribution is 2.65. The zero-order chi connectivity index (χ0) is 39.8. The lowest BCUT2D eigenvalue weighted by Gasteiger charge is -2.41. The molecule has 13 heteroatoms. The monoisotopic (exact) mass is 737 g/mol. The first-order chi connectivity index (χ1) is 24.4. The van der Waals surface area contributed by atoms with E-state index in [0.29, 0.717) is 13.0 Å². The second-order valence-corrected chi connectivity index (χ2v) is 18.8. The molecule has 6 atom stereocenters. The van der Waals surface area contributed by atoms with Gasteiger partial charge in [-0.05, 0) is 52.4 Å². The Morgan fingerprint density at radius 3 is 2.00 bits per heavy atom. The summed E-state index contributed by atoms with van der Waals surface area (Å²) in [6.07, 6.45) is 1.07. The predicted octanol–water partition coefficient (Wildman–Crippen LogP) is 4.99. The molecule has 1 saturated carbocycles. The van der Waals surface area contributed by atoms with E-state index in [1.54, 1.807) is 4.90 Å². The molecular weight excluding hydrogens is 674 g/mol. The van der Waals surface area contributed by atoms with E-state index in [0.717, 1.165) is 5.56 Å². The van der Waals surface area contributed by atoms with E-state index in [2.05, 4.69) is 35.2 Å². The Hall–Kier alpha value is -4.16. The molecule has 3 aliphatic rings. The van der Waals surface area contributed by atoms with Gasteiger partial charge in [-0.15, -0.1) is 0 Å². The van der Waals surface area contributed by atoms with E-state index in [1.165, 1.54) is 9.91 Å². The topological polar surface area (TPSA) is 160 Å². The lowest BCUT2D eigenvalue weighted by atomic mass is 9.80. The number of urea groups is 2. The first-order valence-corrected chi connectivity index (χ1v) is 19.0. The van der Waals surface area contributed by atoms with E-state index in [9.17, 15) is 28.8 Å². The molecule has 0 aromatic heterocycles. The molecule has 294 valence electrons. The fourth-order valence-electron chi connectivity index (χ4n) is 7.81. The van der Waals surface area contributed by atoms with Crippen LogP contribution in [0.1, 0.15) is 114 Å². The second kappa shape index (κ2) is 15.3. The molecule has 2 aliphatic heterocycles. The number of hydrogen-bond acceptors (Lipinski definition) is 6. The summed E-state index contributed by atoms with van der Waals surface area (Å²) in [5.74, 6) is -1.42. The Labute approximate surface area is 315 Å². The third-order valence-electron chi connectivity index (χ3n) is 11.3. The quantitative estimate of drug-likeness (QED) is 0.196. The number of hydrazine groups is 1. The van der Waals surface area contributed by atoms with Crippen LogP contribution in [0.3, 0.4) is 0 Å². The summed E-state index contributed by atoms with van der Waals surface area (Å²) in [4.78, 5) is 84.7. The fourth-order valence-corrected chi connectivity index (χ4v) is 7.81. The van der Waals surface area contributed by atoms with Crippen molar-refractivity contribution >= 4 is 35.7 Å². The summed E-state index contributed by atoms with van der Waals surface area (Å²) in [6, 6.07) is 5.72. The summed E-state index contributed by atoms with van der Waals surface area (Å²) in [5.41, 5.74) is 1.88. The largest absolute Gasteiger partial charge is 0.336 e. The van der Waals surface area contributed by atoms with Crippen molar-refractivity contribution in [2.24, 2.45) is 33.5 Å². The predicted molar refractivity (Wildman–Crippen MR) is 203 cm³/mol. The minimum Gasteiger partial charge on any atom is -0.333 e. The van der Waals surface area contributed by atoms with Gasteiger partial charge in [0.2, 0.25) is 17.7 Å². The average molecular weight is 738 g/mol. The molecule has 1 aromatic carbocycles. The summed E-state index contributed by atoms with van der Waals surface area (Å²) in [5, 5.41) is 10.1. The van der Waals surface area contributed by atoms with Crippen molar-refractivity contribution in [3.05, 3.63) is 35.9 Å². The van der Waals surface area contributed by atoms with Crippen LogP contribution in [0, 0.1) is 33.5 Å². The van der Waals surface area contributed by atoms with Crippen molar-refractivity contribution in [1.29, 1.82) is 0 Å². The van der Waals surface area contributed by atoms with Crippen LogP contribution < -0.4 is 21.4 Å². The Bertz CT molecular complexity index is 1540. The van der Waals surface area contributed by atoms with Crippen LogP contribution in [0.15, 0.2) is 30.3 Å². The lowest BCUT2D eigenvalue weighted by molar-refractivity contribution is -0.153. The first-order valence-electron chi connectivity index (χ1n) is 19.0. The Morgan fingerprint density at radius 2 is 1.47 bits per heavy atom. The molecule has 53 heavy (non-hydrogen) atoms. The molecule has 2 saturated heterocycles. The zero-order valence-electron chi connectivity index (χ0n) is 33.9. The molecular formula is C40H63N7O6. The van der Waals surface area contributed by atoms with Gasteiger partial charge in [0.15, 0.2) is 0 Å². The number of rotatable bonds is 10. The van der Waals surface area contributed by atoms with E-state index in [-0.39, 0.29) is 61.0 Å². The minimum absolute atomic E-state index is 0.0115. The van der Waals surface area contributed by atoms with Gasteiger partial charge in [-0.2, -0.15) is 0 Å². The number of nitrogens with zero attached hydrogens (tertiary/aromatic N) is 3. The minimum atomic E-state index is -1.01. The van der Waals surface area contributed by atoms with Crippen LogP contribution in [0.2, 0.25) is 0 Å². The van der Waals surface area contributed by atoms with Crippen LogP contribution in [0.25, 0.3) is 0 Å². The van der Waals surface area contributed by atoms with Crippen LogP contribution in [0.4, 0.5) is 9.59 Å². The number of imide groups is 1.